The predicted octanol–water partition coefficient (Wildman–Crippen LogP) is 2.67. The number of anilines is 3. The highest BCUT2D eigenvalue weighted by atomic mass is 19.4. The van der Waals surface area contributed by atoms with Crippen LogP contribution in [-0.2, 0) is 15.7 Å². The van der Waals surface area contributed by atoms with Gasteiger partial charge >= 0.3 is 6.18 Å². The zero-order valence-electron chi connectivity index (χ0n) is 19.9. The number of nitrogens with one attached hydrogen (secondary N) is 2. The van der Waals surface area contributed by atoms with Crippen molar-refractivity contribution in [3.63, 3.8) is 0 Å². The summed E-state index contributed by atoms with van der Waals surface area (Å²) in [5.74, 6) is -0.262. The van der Waals surface area contributed by atoms with Gasteiger partial charge in [-0.3, -0.25) is 9.48 Å². The second-order valence-electron chi connectivity index (χ2n) is 8.92. The molecular weight excluding hydrogens is 465 g/mol. The summed E-state index contributed by atoms with van der Waals surface area (Å²) in [5.41, 5.74) is 0.416. The fourth-order valence-corrected chi connectivity index (χ4v) is 4.26. The lowest BCUT2D eigenvalue weighted by Crippen LogP contribution is -2.33. The van der Waals surface area contributed by atoms with Crippen LogP contribution in [0.3, 0.4) is 0 Å². The standard InChI is InChI=1S/C22H31F3N8O2/c1-15-18(14-33(30-15)16-4-8-31(2)13-16)28-21-27-12-17(22(23,24)25)20(29-21)26-6-3-7-32-9-11-35-10-5-19(32)34/h12,14,16H,3-11,13H2,1-2H3,(H2,26,27,28,29). The number of hydrogen-bond acceptors (Lipinski definition) is 8. The van der Waals surface area contributed by atoms with E-state index in [4.69, 9.17) is 4.74 Å². The van der Waals surface area contributed by atoms with Crippen LogP contribution >= 0.6 is 0 Å². The molecule has 2 N–H and O–H groups in total. The number of hydrogen-bond donors (Lipinski definition) is 2. The molecule has 0 saturated carbocycles. The van der Waals surface area contributed by atoms with Crippen LogP contribution in [0.15, 0.2) is 12.4 Å². The minimum absolute atomic E-state index is 0.00725. The number of alkyl halides is 3. The number of nitrogens with zero attached hydrogens (tertiary/aromatic N) is 6. The molecule has 2 aromatic rings. The van der Waals surface area contributed by atoms with Crippen molar-refractivity contribution in [1.82, 2.24) is 29.5 Å². The highest BCUT2D eigenvalue weighted by Gasteiger charge is 2.35. The Kier molecular flexibility index (Phi) is 7.75. The summed E-state index contributed by atoms with van der Waals surface area (Å²) in [6, 6.07) is 0.252. The fraction of sp³-hybridized carbons (Fsp3) is 0.636. The lowest BCUT2D eigenvalue weighted by Gasteiger charge is -2.20. The molecule has 10 nitrogen and oxygen atoms in total. The molecule has 1 unspecified atom stereocenters. The van der Waals surface area contributed by atoms with Crippen LogP contribution in [-0.4, -0.2) is 88.4 Å². The van der Waals surface area contributed by atoms with E-state index in [1.165, 1.54) is 0 Å². The summed E-state index contributed by atoms with van der Waals surface area (Å²) in [4.78, 5) is 23.9. The Morgan fingerprint density at radius 3 is 2.83 bits per heavy atom. The number of halogens is 3. The Hall–Kier alpha value is -2.93. The first-order valence-corrected chi connectivity index (χ1v) is 11.8. The molecule has 1 atom stereocenters. The van der Waals surface area contributed by atoms with Crippen molar-refractivity contribution in [2.24, 2.45) is 0 Å². The first kappa shape index (κ1) is 25.2. The highest BCUT2D eigenvalue weighted by molar-refractivity contribution is 5.76. The molecule has 0 aromatic carbocycles. The van der Waals surface area contributed by atoms with E-state index in [9.17, 15) is 18.0 Å². The number of aryl methyl sites for hydroxylation is 1. The van der Waals surface area contributed by atoms with E-state index in [0.717, 1.165) is 25.7 Å². The van der Waals surface area contributed by atoms with Gasteiger partial charge in [0.05, 0.1) is 37.1 Å². The summed E-state index contributed by atoms with van der Waals surface area (Å²) in [7, 11) is 2.06. The summed E-state index contributed by atoms with van der Waals surface area (Å²) in [6.07, 6.45) is -0.210. The van der Waals surface area contributed by atoms with Crippen LogP contribution in [0.5, 0.6) is 0 Å². The van der Waals surface area contributed by atoms with Gasteiger partial charge in [-0.05, 0) is 33.4 Å². The Balaban J connectivity index is 1.42. The number of amides is 1. The van der Waals surface area contributed by atoms with Gasteiger partial charge in [0.1, 0.15) is 11.4 Å². The maximum atomic E-state index is 13.6. The van der Waals surface area contributed by atoms with E-state index in [-0.39, 0.29) is 30.3 Å². The maximum Gasteiger partial charge on any atom is 0.421 e. The summed E-state index contributed by atoms with van der Waals surface area (Å²) >= 11 is 0. The highest BCUT2D eigenvalue weighted by Crippen LogP contribution is 2.34. The second-order valence-corrected chi connectivity index (χ2v) is 8.92. The maximum absolute atomic E-state index is 13.6. The zero-order valence-corrected chi connectivity index (χ0v) is 19.9. The Labute approximate surface area is 201 Å². The topological polar surface area (TPSA) is 100 Å². The van der Waals surface area contributed by atoms with Crippen molar-refractivity contribution in [1.29, 1.82) is 0 Å². The first-order chi connectivity index (χ1) is 16.7. The van der Waals surface area contributed by atoms with Crippen molar-refractivity contribution in [3.8, 4) is 0 Å². The number of likely N-dealkylation sites (N-methyl/N-ethyl adjacent to an activating group) is 1. The number of ether oxygens (including phenoxy) is 1. The molecule has 2 fully saturated rings. The first-order valence-electron chi connectivity index (χ1n) is 11.8. The molecule has 0 spiro atoms. The van der Waals surface area contributed by atoms with Gasteiger partial charge in [-0.25, -0.2) is 4.98 Å². The van der Waals surface area contributed by atoms with Gasteiger partial charge in [-0.15, -0.1) is 0 Å². The van der Waals surface area contributed by atoms with Crippen molar-refractivity contribution in [3.05, 3.63) is 23.7 Å². The molecule has 13 heteroatoms. The quantitative estimate of drug-likeness (QED) is 0.538. The van der Waals surface area contributed by atoms with Crippen LogP contribution in [0, 0.1) is 6.92 Å². The van der Waals surface area contributed by atoms with Gasteiger partial charge in [-0.2, -0.15) is 23.3 Å². The summed E-state index contributed by atoms with van der Waals surface area (Å²) in [5, 5.41) is 10.3. The molecule has 2 aliphatic heterocycles. The van der Waals surface area contributed by atoms with E-state index in [1.54, 1.807) is 4.90 Å². The van der Waals surface area contributed by atoms with E-state index < -0.39 is 11.7 Å². The molecule has 2 aliphatic rings. The smallest absolute Gasteiger partial charge is 0.379 e. The largest absolute Gasteiger partial charge is 0.421 e. The molecule has 0 aliphatic carbocycles. The minimum Gasteiger partial charge on any atom is -0.379 e. The van der Waals surface area contributed by atoms with E-state index in [2.05, 4.69) is 37.6 Å². The lowest BCUT2D eigenvalue weighted by atomic mass is 10.2. The molecule has 2 aromatic heterocycles. The van der Waals surface area contributed by atoms with E-state index >= 15 is 0 Å². The minimum atomic E-state index is -4.60. The average molecular weight is 497 g/mol. The van der Waals surface area contributed by atoms with Crippen LogP contribution in [0.4, 0.5) is 30.6 Å². The van der Waals surface area contributed by atoms with Gasteiger partial charge in [-0.1, -0.05) is 0 Å². The molecule has 4 rings (SSSR count). The van der Waals surface area contributed by atoms with Gasteiger partial charge in [0, 0.05) is 38.6 Å². The number of rotatable bonds is 8. The summed E-state index contributed by atoms with van der Waals surface area (Å²) < 4.78 is 47.8. The van der Waals surface area contributed by atoms with Gasteiger partial charge in [0.2, 0.25) is 11.9 Å². The van der Waals surface area contributed by atoms with Crippen LogP contribution in [0.1, 0.15) is 36.6 Å². The van der Waals surface area contributed by atoms with Crippen molar-refractivity contribution >= 4 is 23.4 Å². The van der Waals surface area contributed by atoms with Gasteiger partial charge in [0.15, 0.2) is 0 Å². The monoisotopic (exact) mass is 496 g/mol. The summed E-state index contributed by atoms with van der Waals surface area (Å²) in [6.45, 7) is 5.71. The molecule has 35 heavy (non-hydrogen) atoms. The number of aromatic nitrogens is 4. The molecule has 4 heterocycles. The van der Waals surface area contributed by atoms with Crippen LogP contribution in [0.25, 0.3) is 0 Å². The average Bonchev–Trinajstić information content (AvgIpc) is 3.32. The third-order valence-electron chi connectivity index (χ3n) is 6.21. The second kappa shape index (κ2) is 10.8. The van der Waals surface area contributed by atoms with Crippen LogP contribution in [0.2, 0.25) is 0 Å². The molecule has 2 saturated heterocycles. The van der Waals surface area contributed by atoms with E-state index in [1.807, 2.05) is 17.8 Å². The lowest BCUT2D eigenvalue weighted by molar-refractivity contribution is -0.137. The SMILES string of the molecule is Cc1nn(C2CCN(C)C2)cc1Nc1ncc(C(F)(F)F)c(NCCCN2CCOCCC2=O)n1. The molecule has 0 bridgehead atoms. The molecule has 1 amide bonds. The fourth-order valence-electron chi connectivity index (χ4n) is 4.26. The Bertz CT molecular complexity index is 1030. The van der Waals surface area contributed by atoms with Gasteiger partial charge < -0.3 is 25.2 Å². The normalized spacial score (nSPS) is 19.7. The number of carbonyl (C=O) groups excluding carboxylic acids is 1. The molecule has 192 valence electrons. The molecular formula is C22H31F3N8O2. The number of carbonyl (C=O) groups is 1. The Morgan fingerprint density at radius 2 is 2.09 bits per heavy atom. The molecule has 0 radical (unpaired) electrons. The van der Waals surface area contributed by atoms with Crippen molar-refractivity contribution in [2.45, 2.75) is 38.4 Å². The van der Waals surface area contributed by atoms with Crippen molar-refractivity contribution < 1.29 is 22.7 Å². The van der Waals surface area contributed by atoms with Crippen molar-refractivity contribution in [2.75, 3.05) is 63.6 Å². The van der Waals surface area contributed by atoms with Crippen LogP contribution < -0.4 is 10.6 Å². The third-order valence-corrected chi connectivity index (χ3v) is 6.21. The number of likely N-dealkylation sites (tertiary alicyclic amines) is 1. The van der Waals surface area contributed by atoms with E-state index in [0.29, 0.717) is 50.5 Å². The zero-order chi connectivity index (χ0) is 25.0. The third kappa shape index (κ3) is 6.40. The van der Waals surface area contributed by atoms with Gasteiger partial charge in [0.25, 0.3) is 0 Å². The Morgan fingerprint density at radius 1 is 1.26 bits per heavy atom. The predicted molar refractivity (Wildman–Crippen MR) is 124 cm³/mol.